The SMILES string of the molecule is CCc1c(C(c2ccccc2)c2ccccc2)nc2cc(F)c(C(=O)Nc3cnn(CC)c3)cn12. The van der Waals surface area contributed by atoms with E-state index in [1.807, 2.05) is 54.6 Å². The van der Waals surface area contributed by atoms with Crippen LogP contribution >= 0.6 is 0 Å². The summed E-state index contributed by atoms with van der Waals surface area (Å²) in [6, 6.07) is 21.7. The maximum Gasteiger partial charge on any atom is 0.260 e. The minimum Gasteiger partial charge on any atom is -0.319 e. The first-order valence-electron chi connectivity index (χ1n) is 11.7. The van der Waals surface area contributed by atoms with Gasteiger partial charge in [0.15, 0.2) is 0 Å². The van der Waals surface area contributed by atoms with Crippen molar-refractivity contribution in [2.75, 3.05) is 5.32 Å². The molecule has 0 aliphatic heterocycles. The van der Waals surface area contributed by atoms with E-state index in [4.69, 9.17) is 4.98 Å². The first-order valence-corrected chi connectivity index (χ1v) is 11.7. The Bertz CT molecular complexity index is 1430. The Morgan fingerprint density at radius 1 is 1.00 bits per heavy atom. The third-order valence-corrected chi connectivity index (χ3v) is 6.17. The lowest BCUT2D eigenvalue weighted by Gasteiger charge is -2.18. The zero-order chi connectivity index (χ0) is 24.4. The van der Waals surface area contributed by atoms with Gasteiger partial charge in [0.05, 0.1) is 29.1 Å². The summed E-state index contributed by atoms with van der Waals surface area (Å²) in [6.07, 6.45) is 5.48. The molecule has 1 amide bonds. The van der Waals surface area contributed by atoms with Crippen LogP contribution in [0, 0.1) is 5.82 Å². The maximum atomic E-state index is 15.1. The molecule has 0 aliphatic rings. The van der Waals surface area contributed by atoms with Crippen LogP contribution in [0.15, 0.2) is 85.3 Å². The molecule has 0 atom stereocenters. The second kappa shape index (κ2) is 9.54. The van der Waals surface area contributed by atoms with Gasteiger partial charge in [-0.1, -0.05) is 67.6 Å². The second-order valence-electron chi connectivity index (χ2n) is 8.35. The van der Waals surface area contributed by atoms with E-state index >= 15 is 4.39 Å². The summed E-state index contributed by atoms with van der Waals surface area (Å²) in [5, 5.41) is 6.90. The molecular formula is C28H26FN5O. The lowest BCUT2D eigenvalue weighted by molar-refractivity contribution is 0.102. The Balaban J connectivity index is 1.61. The summed E-state index contributed by atoms with van der Waals surface area (Å²) in [5.41, 5.74) is 4.94. The summed E-state index contributed by atoms with van der Waals surface area (Å²) < 4.78 is 18.6. The van der Waals surface area contributed by atoms with Crippen LogP contribution in [0.1, 0.15) is 52.6 Å². The number of aryl methyl sites for hydroxylation is 2. The molecule has 5 aromatic rings. The number of pyridine rings is 1. The van der Waals surface area contributed by atoms with Gasteiger partial charge in [-0.2, -0.15) is 5.10 Å². The number of benzene rings is 2. The molecule has 0 radical (unpaired) electrons. The lowest BCUT2D eigenvalue weighted by atomic mass is 9.87. The first-order chi connectivity index (χ1) is 17.1. The summed E-state index contributed by atoms with van der Waals surface area (Å²) in [4.78, 5) is 17.8. The van der Waals surface area contributed by atoms with Crippen LogP contribution in [0.4, 0.5) is 10.1 Å². The van der Waals surface area contributed by atoms with E-state index in [0.29, 0.717) is 24.3 Å². The van der Waals surface area contributed by atoms with Gasteiger partial charge < -0.3 is 9.72 Å². The Hall–Kier alpha value is -4.26. The Morgan fingerprint density at radius 2 is 1.66 bits per heavy atom. The van der Waals surface area contributed by atoms with Crippen molar-refractivity contribution in [1.82, 2.24) is 19.2 Å². The fraction of sp³-hybridized carbons (Fsp3) is 0.179. The van der Waals surface area contributed by atoms with Crippen molar-refractivity contribution in [3.63, 3.8) is 0 Å². The maximum absolute atomic E-state index is 15.1. The van der Waals surface area contributed by atoms with Crippen LogP contribution < -0.4 is 5.32 Å². The van der Waals surface area contributed by atoms with E-state index in [1.165, 1.54) is 6.07 Å². The number of rotatable bonds is 7. The van der Waals surface area contributed by atoms with Gasteiger partial charge in [-0.25, -0.2) is 9.37 Å². The number of imidazole rings is 1. The van der Waals surface area contributed by atoms with Gasteiger partial charge >= 0.3 is 0 Å². The third kappa shape index (κ3) is 4.33. The molecule has 0 spiro atoms. The molecule has 6 nitrogen and oxygen atoms in total. The number of aromatic nitrogens is 4. The number of nitrogens with one attached hydrogen (secondary N) is 1. The monoisotopic (exact) mass is 467 g/mol. The van der Waals surface area contributed by atoms with Crippen LogP contribution in [0.5, 0.6) is 0 Å². The molecule has 0 saturated heterocycles. The van der Waals surface area contributed by atoms with Gasteiger partial charge in [0.1, 0.15) is 11.5 Å². The van der Waals surface area contributed by atoms with E-state index in [9.17, 15) is 4.79 Å². The first kappa shape index (κ1) is 22.5. The molecular weight excluding hydrogens is 441 g/mol. The summed E-state index contributed by atoms with van der Waals surface area (Å²) >= 11 is 0. The van der Waals surface area contributed by atoms with Crippen molar-refractivity contribution in [2.24, 2.45) is 0 Å². The van der Waals surface area contributed by atoms with Gasteiger partial charge in [-0.05, 0) is 24.5 Å². The largest absolute Gasteiger partial charge is 0.319 e. The predicted molar refractivity (Wildman–Crippen MR) is 134 cm³/mol. The number of anilines is 1. The summed E-state index contributed by atoms with van der Waals surface area (Å²) in [7, 11) is 0. The van der Waals surface area contributed by atoms with Crippen LogP contribution in [0.25, 0.3) is 5.65 Å². The average Bonchev–Trinajstić information content (AvgIpc) is 3.48. The fourth-order valence-corrected chi connectivity index (χ4v) is 4.48. The van der Waals surface area contributed by atoms with Crippen LogP contribution in [0.3, 0.4) is 0 Å². The van der Waals surface area contributed by atoms with Crippen molar-refractivity contribution >= 4 is 17.2 Å². The summed E-state index contributed by atoms with van der Waals surface area (Å²) in [6.45, 7) is 4.67. The molecule has 7 heteroatoms. The minimum atomic E-state index is -0.618. The van der Waals surface area contributed by atoms with Crippen LogP contribution in [0.2, 0.25) is 0 Å². The Morgan fingerprint density at radius 3 is 2.23 bits per heavy atom. The van der Waals surface area contributed by atoms with Crippen LogP contribution in [-0.4, -0.2) is 25.1 Å². The topological polar surface area (TPSA) is 64.2 Å². The molecule has 0 unspecified atom stereocenters. The Labute approximate surface area is 203 Å². The number of fused-ring (bicyclic) bond motifs is 1. The molecule has 3 aromatic heterocycles. The summed E-state index contributed by atoms with van der Waals surface area (Å²) in [5.74, 6) is -1.26. The van der Waals surface area contributed by atoms with E-state index in [1.54, 1.807) is 23.3 Å². The normalized spacial score (nSPS) is 11.3. The van der Waals surface area contributed by atoms with Gasteiger partial charge in [0.25, 0.3) is 5.91 Å². The molecule has 1 N–H and O–H groups in total. The van der Waals surface area contributed by atoms with Crippen molar-refractivity contribution in [1.29, 1.82) is 0 Å². The molecule has 2 aromatic carbocycles. The quantitative estimate of drug-likeness (QED) is 0.335. The van der Waals surface area contributed by atoms with Gasteiger partial charge in [0, 0.05) is 30.7 Å². The number of carbonyl (C=O) groups excluding carboxylic acids is 1. The van der Waals surface area contributed by atoms with Crippen LogP contribution in [-0.2, 0) is 13.0 Å². The van der Waals surface area contributed by atoms with Crippen molar-refractivity contribution in [2.45, 2.75) is 32.7 Å². The van der Waals surface area contributed by atoms with E-state index in [2.05, 4.69) is 34.7 Å². The number of hydrogen-bond acceptors (Lipinski definition) is 3. The van der Waals surface area contributed by atoms with Crippen molar-refractivity contribution in [3.8, 4) is 0 Å². The lowest BCUT2D eigenvalue weighted by Crippen LogP contribution is -2.15. The molecule has 3 heterocycles. The van der Waals surface area contributed by atoms with Gasteiger partial charge in [0.2, 0.25) is 0 Å². The van der Waals surface area contributed by atoms with E-state index in [0.717, 1.165) is 22.5 Å². The van der Waals surface area contributed by atoms with E-state index in [-0.39, 0.29) is 11.5 Å². The highest BCUT2D eigenvalue weighted by Crippen LogP contribution is 2.34. The van der Waals surface area contributed by atoms with E-state index < -0.39 is 11.7 Å². The number of amides is 1. The number of carbonyl (C=O) groups is 1. The zero-order valence-electron chi connectivity index (χ0n) is 19.6. The highest BCUT2D eigenvalue weighted by atomic mass is 19.1. The Kier molecular flexibility index (Phi) is 6.14. The third-order valence-electron chi connectivity index (χ3n) is 6.17. The number of nitrogens with zero attached hydrogens (tertiary/aromatic N) is 4. The smallest absolute Gasteiger partial charge is 0.260 e. The van der Waals surface area contributed by atoms with Gasteiger partial charge in [-0.15, -0.1) is 0 Å². The molecule has 176 valence electrons. The number of hydrogen-bond donors (Lipinski definition) is 1. The standard InChI is InChI=1S/C28H26FN5O/c1-3-24-27(26(19-11-7-5-8-12-19)20-13-9-6-10-14-20)32-25-15-23(29)22(18-34(24)25)28(35)31-21-16-30-33(4-2)17-21/h5-18,26H,3-4H2,1-2H3,(H,31,35). The zero-order valence-corrected chi connectivity index (χ0v) is 19.6. The van der Waals surface area contributed by atoms with Gasteiger partial charge in [-0.3, -0.25) is 9.48 Å². The second-order valence-corrected chi connectivity index (χ2v) is 8.35. The highest BCUT2D eigenvalue weighted by Gasteiger charge is 2.25. The fourth-order valence-electron chi connectivity index (χ4n) is 4.48. The van der Waals surface area contributed by atoms with Crippen molar-refractivity contribution in [3.05, 3.63) is 119 Å². The molecule has 0 aliphatic carbocycles. The molecule has 0 fully saturated rings. The molecule has 35 heavy (non-hydrogen) atoms. The highest BCUT2D eigenvalue weighted by molar-refractivity contribution is 6.04. The average molecular weight is 468 g/mol. The molecule has 5 rings (SSSR count). The number of halogens is 1. The van der Waals surface area contributed by atoms with Crippen molar-refractivity contribution < 1.29 is 9.18 Å². The predicted octanol–water partition coefficient (Wildman–Crippen LogP) is 5.68. The molecule has 0 bridgehead atoms. The molecule has 0 saturated carbocycles. The minimum absolute atomic E-state index is 0.0450.